The Bertz CT molecular complexity index is 102. The van der Waals surface area contributed by atoms with Crippen LogP contribution in [0.2, 0.25) is 0 Å². The summed E-state index contributed by atoms with van der Waals surface area (Å²) in [7, 11) is 0. The first kappa shape index (κ1) is 10.6. The first-order valence-electron chi connectivity index (χ1n) is 4.37. The summed E-state index contributed by atoms with van der Waals surface area (Å²) in [4.78, 5) is 10.2. The molecule has 1 radical (unpaired) electrons. The van der Waals surface area contributed by atoms with Crippen LogP contribution >= 0.6 is 0 Å². The van der Waals surface area contributed by atoms with Gasteiger partial charge in [0, 0.05) is 0 Å². The van der Waals surface area contributed by atoms with Crippen molar-refractivity contribution in [1.82, 2.24) is 0 Å². The van der Waals surface area contributed by atoms with Crippen LogP contribution in [0, 0.1) is 5.92 Å². The molecule has 2 nitrogen and oxygen atoms in total. The van der Waals surface area contributed by atoms with Crippen LogP contribution in [0.25, 0.3) is 0 Å². The molecule has 2 atom stereocenters. The Balaban J connectivity index is 3.64. The van der Waals surface area contributed by atoms with Crippen molar-refractivity contribution in [2.45, 2.75) is 45.6 Å². The fourth-order valence-corrected chi connectivity index (χ4v) is 1.18. The largest absolute Gasteiger partial charge is 0.300 e. The molecule has 0 rings (SSSR count). The van der Waals surface area contributed by atoms with Crippen LogP contribution in [0.1, 0.15) is 39.5 Å². The minimum Gasteiger partial charge on any atom is -0.300 e. The fourth-order valence-electron chi connectivity index (χ4n) is 1.18. The highest BCUT2D eigenvalue weighted by Gasteiger charge is 2.16. The highest BCUT2D eigenvalue weighted by molar-refractivity contribution is 5.55. The molecule has 0 saturated heterocycles. The zero-order valence-electron chi connectivity index (χ0n) is 7.38. The Labute approximate surface area is 68.6 Å². The van der Waals surface area contributed by atoms with Crippen molar-refractivity contribution >= 4 is 6.29 Å². The van der Waals surface area contributed by atoms with E-state index in [-0.39, 0.29) is 5.92 Å². The fraction of sp³-hybridized carbons (Fsp3) is 0.889. The van der Waals surface area contributed by atoms with E-state index in [1.165, 1.54) is 0 Å². The van der Waals surface area contributed by atoms with E-state index in [1.807, 2.05) is 6.92 Å². The molecule has 0 aromatic carbocycles. The number of carbonyl (C=O) groups is 1. The summed E-state index contributed by atoms with van der Waals surface area (Å²) in [6.45, 7) is 4.06. The second-order valence-corrected chi connectivity index (χ2v) is 2.91. The topological polar surface area (TPSA) is 37.0 Å². The van der Waals surface area contributed by atoms with Crippen molar-refractivity contribution in [3.63, 3.8) is 0 Å². The summed E-state index contributed by atoms with van der Waals surface area (Å²) >= 11 is 0. The lowest BCUT2D eigenvalue weighted by atomic mass is 9.94. The van der Waals surface area contributed by atoms with Gasteiger partial charge in [-0.25, -0.2) is 5.11 Å². The van der Waals surface area contributed by atoms with Gasteiger partial charge in [0.2, 0.25) is 0 Å². The third-order valence-corrected chi connectivity index (χ3v) is 2.05. The van der Waals surface area contributed by atoms with E-state index < -0.39 is 6.10 Å². The second kappa shape index (κ2) is 6.35. The average molecular weight is 157 g/mol. The Morgan fingerprint density at radius 2 is 2.00 bits per heavy atom. The zero-order valence-corrected chi connectivity index (χ0v) is 7.38. The van der Waals surface area contributed by atoms with Gasteiger partial charge in [-0.15, -0.1) is 0 Å². The maximum atomic E-state index is 11.0. The number of unbranched alkanes of at least 4 members (excludes halogenated alkanes) is 1. The highest BCUT2D eigenvalue weighted by atomic mass is 16.3. The Kier molecular flexibility index (Phi) is 6.13. The Morgan fingerprint density at radius 1 is 1.36 bits per heavy atom. The summed E-state index contributed by atoms with van der Waals surface area (Å²) in [6.07, 6.45) is 3.43. The third-order valence-electron chi connectivity index (χ3n) is 2.05. The molecule has 0 aromatic rings. The zero-order chi connectivity index (χ0) is 8.69. The maximum Gasteiger partial charge on any atom is 0.152 e. The van der Waals surface area contributed by atoms with Crippen LogP contribution in [0.15, 0.2) is 0 Å². The van der Waals surface area contributed by atoms with E-state index >= 15 is 0 Å². The molecule has 11 heavy (non-hydrogen) atoms. The van der Waals surface area contributed by atoms with E-state index in [9.17, 15) is 9.90 Å². The van der Waals surface area contributed by atoms with Crippen LogP contribution in [-0.2, 0) is 9.90 Å². The van der Waals surface area contributed by atoms with Gasteiger partial charge in [0.25, 0.3) is 0 Å². The molecule has 2 heteroatoms. The highest BCUT2D eigenvalue weighted by Crippen LogP contribution is 2.15. The average Bonchev–Trinajstić information content (AvgIpc) is 2.05. The number of aldehydes is 1. The summed E-state index contributed by atoms with van der Waals surface area (Å²) in [5.74, 6) is 0.0625. The number of hydrogen-bond acceptors (Lipinski definition) is 1. The van der Waals surface area contributed by atoms with Gasteiger partial charge in [-0.1, -0.05) is 33.1 Å². The Morgan fingerprint density at radius 3 is 2.36 bits per heavy atom. The first-order valence-corrected chi connectivity index (χ1v) is 4.37. The smallest absolute Gasteiger partial charge is 0.152 e. The van der Waals surface area contributed by atoms with Crippen molar-refractivity contribution in [3.8, 4) is 0 Å². The molecule has 0 saturated carbocycles. The molecule has 0 aromatic heterocycles. The van der Waals surface area contributed by atoms with Crippen molar-refractivity contribution in [3.05, 3.63) is 0 Å². The Hall–Kier alpha value is -0.370. The summed E-state index contributed by atoms with van der Waals surface area (Å²) in [6, 6.07) is 0. The molecular formula is C9H17O2. The van der Waals surface area contributed by atoms with Gasteiger partial charge in [0.1, 0.15) is 0 Å². The number of rotatable bonds is 6. The van der Waals surface area contributed by atoms with Crippen molar-refractivity contribution < 1.29 is 9.90 Å². The van der Waals surface area contributed by atoms with Crippen LogP contribution < -0.4 is 0 Å². The van der Waals surface area contributed by atoms with E-state index in [0.717, 1.165) is 25.7 Å². The van der Waals surface area contributed by atoms with Crippen LogP contribution in [0.5, 0.6) is 0 Å². The molecule has 0 amide bonds. The summed E-state index contributed by atoms with van der Waals surface area (Å²) in [5, 5.41) is 11.0. The van der Waals surface area contributed by atoms with Gasteiger partial charge >= 0.3 is 0 Å². The van der Waals surface area contributed by atoms with E-state index in [1.54, 1.807) is 0 Å². The van der Waals surface area contributed by atoms with Gasteiger partial charge in [0.05, 0.1) is 0 Å². The summed E-state index contributed by atoms with van der Waals surface area (Å²) in [5.41, 5.74) is 0. The third kappa shape index (κ3) is 4.14. The van der Waals surface area contributed by atoms with E-state index in [2.05, 4.69) is 6.92 Å². The van der Waals surface area contributed by atoms with Crippen molar-refractivity contribution in [1.29, 1.82) is 0 Å². The molecule has 0 spiro atoms. The second-order valence-electron chi connectivity index (χ2n) is 2.91. The molecule has 0 aliphatic rings. The van der Waals surface area contributed by atoms with Gasteiger partial charge in [0.15, 0.2) is 12.4 Å². The van der Waals surface area contributed by atoms with Crippen molar-refractivity contribution in [2.24, 2.45) is 5.92 Å². The molecule has 0 N–H and O–H groups in total. The van der Waals surface area contributed by atoms with Gasteiger partial charge in [-0.05, 0) is 12.3 Å². The minimum absolute atomic E-state index is 0.0625. The van der Waals surface area contributed by atoms with Gasteiger partial charge in [-0.3, -0.25) is 0 Å². The van der Waals surface area contributed by atoms with E-state index in [4.69, 9.17) is 0 Å². The lowest BCUT2D eigenvalue weighted by Crippen LogP contribution is -2.19. The standard InChI is InChI=1S/C9H17O2/c1-3-5-6-8(4-2)9(11)7-10/h7-9H,3-6H2,1-2H3. The van der Waals surface area contributed by atoms with E-state index in [0.29, 0.717) is 6.29 Å². The normalized spacial score (nSPS) is 15.9. The SMILES string of the molecule is CCCCC(CC)C([O])C=O. The molecular weight excluding hydrogens is 140 g/mol. The predicted molar refractivity (Wildman–Crippen MR) is 43.8 cm³/mol. The number of carbonyl (C=O) groups excluding carboxylic acids is 1. The molecule has 65 valence electrons. The summed E-state index contributed by atoms with van der Waals surface area (Å²) < 4.78 is 0. The molecule has 0 heterocycles. The minimum atomic E-state index is -0.994. The molecule has 0 aliphatic heterocycles. The van der Waals surface area contributed by atoms with Crippen molar-refractivity contribution in [2.75, 3.05) is 0 Å². The molecule has 0 fully saturated rings. The molecule has 0 aliphatic carbocycles. The predicted octanol–water partition coefficient (Wildman–Crippen LogP) is 2.20. The van der Waals surface area contributed by atoms with Crippen LogP contribution in [0.3, 0.4) is 0 Å². The quantitative estimate of drug-likeness (QED) is 0.544. The maximum absolute atomic E-state index is 11.0. The molecule has 2 unspecified atom stereocenters. The lowest BCUT2D eigenvalue weighted by molar-refractivity contribution is -0.121. The lowest BCUT2D eigenvalue weighted by Gasteiger charge is -2.13. The van der Waals surface area contributed by atoms with Crippen LogP contribution in [-0.4, -0.2) is 12.4 Å². The van der Waals surface area contributed by atoms with Gasteiger partial charge < -0.3 is 4.79 Å². The monoisotopic (exact) mass is 157 g/mol. The molecule has 0 bridgehead atoms. The van der Waals surface area contributed by atoms with Gasteiger partial charge in [-0.2, -0.15) is 0 Å². The number of hydrogen-bond donors (Lipinski definition) is 0. The van der Waals surface area contributed by atoms with Crippen LogP contribution in [0.4, 0.5) is 0 Å². The first-order chi connectivity index (χ1) is 5.26.